The molecule has 32 heavy (non-hydrogen) atoms. The molecule has 0 unspecified atom stereocenters. The van der Waals surface area contributed by atoms with E-state index in [0.29, 0.717) is 0 Å². The number of anilines is 1. The van der Waals surface area contributed by atoms with Crippen LogP contribution in [0.3, 0.4) is 0 Å². The molecule has 6 rings (SSSR count). The van der Waals surface area contributed by atoms with E-state index in [9.17, 15) is 4.79 Å². The van der Waals surface area contributed by atoms with Crippen LogP contribution in [0.4, 0.5) is 5.69 Å². The molecule has 2 saturated heterocycles. The number of benzene rings is 1. The number of aromatic nitrogens is 4. The minimum atomic E-state index is -0.160. The lowest BCUT2D eigenvalue weighted by atomic mass is 9.77. The molecule has 3 aromatic heterocycles. The van der Waals surface area contributed by atoms with Crippen LogP contribution in [0.2, 0.25) is 0 Å². The van der Waals surface area contributed by atoms with Crippen LogP contribution in [0.15, 0.2) is 61.2 Å². The summed E-state index contributed by atoms with van der Waals surface area (Å²) in [7, 11) is 1.93. The van der Waals surface area contributed by atoms with Crippen LogP contribution in [0, 0.1) is 5.41 Å². The number of nitrogens with zero attached hydrogens (tertiary/aromatic N) is 5. The summed E-state index contributed by atoms with van der Waals surface area (Å²) in [5.41, 5.74) is 6.67. The van der Waals surface area contributed by atoms with E-state index in [1.54, 1.807) is 0 Å². The number of nitrogens with one attached hydrogen (secondary N) is 1. The second kappa shape index (κ2) is 7.22. The van der Waals surface area contributed by atoms with Crippen molar-refractivity contribution in [2.24, 2.45) is 12.5 Å². The van der Waals surface area contributed by atoms with Gasteiger partial charge in [0.1, 0.15) is 0 Å². The number of pyridine rings is 1. The van der Waals surface area contributed by atoms with Crippen LogP contribution < -0.4 is 10.2 Å². The predicted molar refractivity (Wildman–Crippen MR) is 124 cm³/mol. The molecule has 0 saturated carbocycles. The van der Waals surface area contributed by atoms with Crippen LogP contribution in [-0.4, -0.2) is 44.9 Å². The van der Waals surface area contributed by atoms with E-state index in [1.165, 1.54) is 5.69 Å². The summed E-state index contributed by atoms with van der Waals surface area (Å²) in [6.07, 6.45) is 10.6. The Hall–Kier alpha value is -3.61. The van der Waals surface area contributed by atoms with Crippen molar-refractivity contribution in [1.29, 1.82) is 0 Å². The van der Waals surface area contributed by atoms with E-state index in [2.05, 4.69) is 56.8 Å². The molecule has 2 fully saturated rings. The highest BCUT2D eigenvalue weighted by molar-refractivity contribution is 5.91. The molecule has 0 radical (unpaired) electrons. The largest absolute Gasteiger partial charge is 0.370 e. The Labute approximate surface area is 186 Å². The van der Waals surface area contributed by atoms with E-state index in [4.69, 9.17) is 0 Å². The molecule has 162 valence electrons. The molecular weight excluding hydrogens is 400 g/mol. The molecule has 7 nitrogen and oxygen atoms in total. The van der Waals surface area contributed by atoms with Gasteiger partial charge in [-0.2, -0.15) is 10.2 Å². The molecular formula is C25H26N6O. The maximum Gasteiger partial charge on any atom is 0.226 e. The molecule has 2 aliphatic rings. The lowest BCUT2D eigenvalue weighted by molar-refractivity contribution is -0.128. The molecule has 1 amide bonds. The SMILES string of the molecule is Cn1cc(-c2ccc(-c3cnn4cccc(N5CCC6(CCNC6=O)CC5)c34)cc2)cn1. The monoisotopic (exact) mass is 426 g/mol. The van der Waals surface area contributed by atoms with Crippen molar-refractivity contribution in [2.75, 3.05) is 24.5 Å². The van der Waals surface area contributed by atoms with Gasteiger partial charge in [-0.25, -0.2) is 4.52 Å². The average molecular weight is 427 g/mol. The number of amides is 1. The number of aryl methyl sites for hydroxylation is 1. The Bertz CT molecular complexity index is 1290. The first-order valence-electron chi connectivity index (χ1n) is 11.2. The molecule has 0 atom stereocenters. The van der Waals surface area contributed by atoms with Gasteiger partial charge in [-0.1, -0.05) is 24.3 Å². The van der Waals surface area contributed by atoms with Crippen LogP contribution in [0.25, 0.3) is 27.8 Å². The molecule has 1 N–H and O–H groups in total. The summed E-state index contributed by atoms with van der Waals surface area (Å²) < 4.78 is 3.78. The fourth-order valence-corrected chi connectivity index (χ4v) is 5.27. The summed E-state index contributed by atoms with van der Waals surface area (Å²) in [6, 6.07) is 12.8. The first kappa shape index (κ1) is 19.1. The zero-order valence-electron chi connectivity index (χ0n) is 18.2. The molecule has 0 bridgehead atoms. The van der Waals surface area contributed by atoms with E-state index >= 15 is 0 Å². The highest BCUT2D eigenvalue weighted by Gasteiger charge is 2.44. The second-order valence-electron chi connectivity index (χ2n) is 9.00. The van der Waals surface area contributed by atoms with Crippen LogP contribution in [0.1, 0.15) is 19.3 Å². The fourth-order valence-electron chi connectivity index (χ4n) is 5.27. The Morgan fingerprint density at radius 2 is 1.72 bits per heavy atom. The normalized spacial score (nSPS) is 17.9. The van der Waals surface area contributed by atoms with Gasteiger partial charge in [0.2, 0.25) is 5.91 Å². The highest BCUT2D eigenvalue weighted by Crippen LogP contribution is 2.41. The van der Waals surface area contributed by atoms with Gasteiger partial charge in [0.05, 0.1) is 29.0 Å². The van der Waals surface area contributed by atoms with Crippen LogP contribution in [0.5, 0.6) is 0 Å². The van der Waals surface area contributed by atoms with Gasteiger partial charge in [0.25, 0.3) is 0 Å². The predicted octanol–water partition coefficient (Wildman–Crippen LogP) is 3.51. The maximum absolute atomic E-state index is 12.4. The van der Waals surface area contributed by atoms with Crippen molar-refractivity contribution in [3.8, 4) is 22.3 Å². The minimum absolute atomic E-state index is 0.160. The topological polar surface area (TPSA) is 67.5 Å². The number of hydrogen-bond acceptors (Lipinski definition) is 4. The van der Waals surface area contributed by atoms with Crippen molar-refractivity contribution in [3.05, 3.63) is 61.2 Å². The summed E-state index contributed by atoms with van der Waals surface area (Å²) >= 11 is 0. The Morgan fingerprint density at radius 1 is 0.938 bits per heavy atom. The van der Waals surface area contributed by atoms with Crippen LogP contribution >= 0.6 is 0 Å². The van der Waals surface area contributed by atoms with Gasteiger partial charge < -0.3 is 10.2 Å². The molecule has 7 heteroatoms. The Balaban J connectivity index is 1.33. The number of fused-ring (bicyclic) bond motifs is 1. The Morgan fingerprint density at radius 3 is 2.41 bits per heavy atom. The quantitative estimate of drug-likeness (QED) is 0.544. The van der Waals surface area contributed by atoms with Gasteiger partial charge in [-0.15, -0.1) is 0 Å². The number of carbonyl (C=O) groups excluding carboxylic acids is 1. The number of hydrogen-bond donors (Lipinski definition) is 1. The van der Waals surface area contributed by atoms with Crippen molar-refractivity contribution in [2.45, 2.75) is 19.3 Å². The summed E-state index contributed by atoms with van der Waals surface area (Å²) in [5.74, 6) is 0.245. The third kappa shape index (κ3) is 2.99. The summed E-state index contributed by atoms with van der Waals surface area (Å²) in [6.45, 7) is 2.59. The third-order valence-corrected chi connectivity index (χ3v) is 7.19. The van der Waals surface area contributed by atoms with Gasteiger partial charge in [-0.3, -0.25) is 9.48 Å². The van der Waals surface area contributed by atoms with Crippen molar-refractivity contribution < 1.29 is 4.79 Å². The first-order valence-corrected chi connectivity index (χ1v) is 11.2. The van der Waals surface area contributed by atoms with Crippen molar-refractivity contribution in [3.63, 3.8) is 0 Å². The fraction of sp³-hybridized carbons (Fsp3) is 0.320. The summed E-state index contributed by atoms with van der Waals surface area (Å²) in [4.78, 5) is 14.8. The van der Waals surface area contributed by atoms with Gasteiger partial charge in [-0.05, 0) is 42.5 Å². The Kier molecular flexibility index (Phi) is 4.31. The van der Waals surface area contributed by atoms with E-state index in [-0.39, 0.29) is 11.3 Å². The molecule has 2 aliphatic heterocycles. The highest BCUT2D eigenvalue weighted by atomic mass is 16.2. The zero-order chi connectivity index (χ0) is 21.7. The van der Waals surface area contributed by atoms with Crippen LogP contribution in [-0.2, 0) is 11.8 Å². The van der Waals surface area contributed by atoms with E-state index in [1.807, 2.05) is 41.0 Å². The van der Waals surface area contributed by atoms with Crippen molar-refractivity contribution in [1.82, 2.24) is 24.7 Å². The lowest BCUT2D eigenvalue weighted by Gasteiger charge is -2.38. The molecule has 1 aromatic carbocycles. The van der Waals surface area contributed by atoms with Gasteiger partial charge in [0.15, 0.2) is 0 Å². The second-order valence-corrected chi connectivity index (χ2v) is 9.00. The number of rotatable bonds is 3. The van der Waals surface area contributed by atoms with Gasteiger partial charge in [0, 0.05) is 50.2 Å². The minimum Gasteiger partial charge on any atom is -0.370 e. The van der Waals surface area contributed by atoms with Crippen molar-refractivity contribution >= 4 is 17.1 Å². The third-order valence-electron chi connectivity index (χ3n) is 7.19. The zero-order valence-corrected chi connectivity index (χ0v) is 18.2. The molecule has 1 spiro atoms. The lowest BCUT2D eigenvalue weighted by Crippen LogP contribution is -2.44. The smallest absolute Gasteiger partial charge is 0.226 e. The van der Waals surface area contributed by atoms with E-state index < -0.39 is 0 Å². The first-order chi connectivity index (χ1) is 15.6. The summed E-state index contributed by atoms with van der Waals surface area (Å²) in [5, 5.41) is 11.9. The van der Waals surface area contributed by atoms with Gasteiger partial charge >= 0.3 is 0 Å². The maximum atomic E-state index is 12.4. The number of piperidine rings is 1. The molecule has 0 aliphatic carbocycles. The molecule has 5 heterocycles. The number of carbonyl (C=O) groups is 1. The molecule has 4 aromatic rings. The average Bonchev–Trinajstić information content (AvgIpc) is 3.54. The van der Waals surface area contributed by atoms with E-state index in [0.717, 1.165) is 66.7 Å². The standard InChI is InChI=1S/C25H26N6O/c1-29-17-20(15-27-29)18-4-6-19(7-5-18)21-16-28-31-12-2-3-22(23(21)31)30-13-9-25(10-14-30)8-11-26-24(25)32/h2-7,12,15-17H,8-11,13-14H2,1H3,(H,26,32).